The van der Waals surface area contributed by atoms with Gasteiger partial charge in [-0.3, -0.25) is 0 Å². The molecule has 0 bridgehead atoms. The second-order valence-electron chi connectivity index (χ2n) is 3.07. The average molecular weight is 141 g/mol. The number of rotatable bonds is 5. The van der Waals surface area contributed by atoms with Crippen molar-refractivity contribution in [2.75, 3.05) is 13.6 Å². The summed E-state index contributed by atoms with van der Waals surface area (Å²) < 4.78 is 0. The van der Waals surface area contributed by atoms with Crippen LogP contribution in [0, 0.1) is 5.41 Å². The van der Waals surface area contributed by atoms with Gasteiger partial charge < -0.3 is 5.32 Å². The van der Waals surface area contributed by atoms with Gasteiger partial charge >= 0.3 is 0 Å². The van der Waals surface area contributed by atoms with Crippen LogP contribution in [-0.2, 0) is 0 Å². The van der Waals surface area contributed by atoms with E-state index in [0.29, 0.717) is 5.41 Å². The van der Waals surface area contributed by atoms with E-state index in [2.05, 4.69) is 31.8 Å². The molecule has 0 aromatic carbocycles. The van der Waals surface area contributed by atoms with Gasteiger partial charge in [0, 0.05) is 0 Å². The maximum atomic E-state index is 3.83. The van der Waals surface area contributed by atoms with E-state index in [1.807, 2.05) is 7.05 Å². The van der Waals surface area contributed by atoms with Gasteiger partial charge in [-0.25, -0.2) is 0 Å². The van der Waals surface area contributed by atoms with Gasteiger partial charge in [0.15, 0.2) is 0 Å². The first-order chi connectivity index (χ1) is 4.68. The Labute approximate surface area is 64.5 Å². The molecule has 0 aromatic rings. The van der Waals surface area contributed by atoms with Crippen molar-refractivity contribution in [3.8, 4) is 0 Å². The molecule has 60 valence electrons. The van der Waals surface area contributed by atoms with Crippen molar-refractivity contribution in [3.05, 3.63) is 12.7 Å². The Hall–Kier alpha value is -0.300. The highest BCUT2D eigenvalue weighted by molar-refractivity contribution is 4.90. The molecule has 0 saturated carbocycles. The summed E-state index contributed by atoms with van der Waals surface area (Å²) in [7, 11) is 1.99. The fraction of sp³-hybridized carbons (Fsp3) is 0.778. The molecular weight excluding hydrogens is 122 g/mol. The van der Waals surface area contributed by atoms with Crippen LogP contribution >= 0.6 is 0 Å². The predicted octanol–water partition coefficient (Wildman–Crippen LogP) is 2.20. The Morgan fingerprint density at radius 1 is 1.60 bits per heavy atom. The lowest BCUT2D eigenvalue weighted by molar-refractivity contribution is 0.373. The SMILES string of the molecule is C=CC(C)(CC)CCNC. The van der Waals surface area contributed by atoms with Crippen molar-refractivity contribution >= 4 is 0 Å². The second kappa shape index (κ2) is 4.51. The predicted molar refractivity (Wildman–Crippen MR) is 47.1 cm³/mol. The molecule has 1 heteroatoms. The Morgan fingerprint density at radius 2 is 2.20 bits per heavy atom. The van der Waals surface area contributed by atoms with Crippen molar-refractivity contribution in [2.24, 2.45) is 5.41 Å². The highest BCUT2D eigenvalue weighted by Crippen LogP contribution is 2.25. The fourth-order valence-electron chi connectivity index (χ4n) is 0.834. The van der Waals surface area contributed by atoms with Gasteiger partial charge in [0.2, 0.25) is 0 Å². The molecular formula is C9H19N. The molecule has 1 unspecified atom stereocenters. The van der Waals surface area contributed by atoms with E-state index in [1.54, 1.807) is 0 Å². The zero-order valence-corrected chi connectivity index (χ0v) is 7.41. The smallest absolute Gasteiger partial charge is 0.00437 e. The van der Waals surface area contributed by atoms with Crippen LogP contribution in [0.1, 0.15) is 26.7 Å². The molecule has 1 atom stereocenters. The Balaban J connectivity index is 3.68. The highest BCUT2D eigenvalue weighted by Gasteiger charge is 2.15. The molecule has 0 aliphatic heterocycles. The number of hydrogen-bond donors (Lipinski definition) is 1. The monoisotopic (exact) mass is 141 g/mol. The molecule has 0 saturated heterocycles. The van der Waals surface area contributed by atoms with Crippen LogP contribution in [0.3, 0.4) is 0 Å². The maximum absolute atomic E-state index is 3.83. The topological polar surface area (TPSA) is 12.0 Å². The zero-order chi connectivity index (χ0) is 8.04. The van der Waals surface area contributed by atoms with Gasteiger partial charge in [-0.2, -0.15) is 0 Å². The molecule has 0 rings (SSSR count). The summed E-state index contributed by atoms with van der Waals surface area (Å²) in [4.78, 5) is 0. The van der Waals surface area contributed by atoms with E-state index in [4.69, 9.17) is 0 Å². The first-order valence-corrected chi connectivity index (χ1v) is 3.96. The largest absolute Gasteiger partial charge is 0.320 e. The summed E-state index contributed by atoms with van der Waals surface area (Å²) in [5.41, 5.74) is 0.336. The van der Waals surface area contributed by atoms with Crippen molar-refractivity contribution in [1.82, 2.24) is 5.32 Å². The summed E-state index contributed by atoms with van der Waals surface area (Å²) >= 11 is 0. The fourth-order valence-corrected chi connectivity index (χ4v) is 0.834. The minimum atomic E-state index is 0.336. The van der Waals surface area contributed by atoms with Gasteiger partial charge in [0.1, 0.15) is 0 Å². The van der Waals surface area contributed by atoms with Gasteiger partial charge in [-0.1, -0.05) is 19.9 Å². The van der Waals surface area contributed by atoms with Gasteiger partial charge in [0.25, 0.3) is 0 Å². The van der Waals surface area contributed by atoms with Crippen molar-refractivity contribution in [3.63, 3.8) is 0 Å². The minimum Gasteiger partial charge on any atom is -0.320 e. The third-order valence-electron chi connectivity index (χ3n) is 2.25. The van der Waals surface area contributed by atoms with Gasteiger partial charge in [-0.15, -0.1) is 6.58 Å². The summed E-state index contributed by atoms with van der Waals surface area (Å²) in [5, 5.41) is 3.14. The highest BCUT2D eigenvalue weighted by atomic mass is 14.8. The molecule has 0 aliphatic carbocycles. The van der Waals surface area contributed by atoms with Crippen LogP contribution in [0.25, 0.3) is 0 Å². The summed E-state index contributed by atoms with van der Waals surface area (Å²) in [6, 6.07) is 0. The lowest BCUT2D eigenvalue weighted by Crippen LogP contribution is -2.19. The molecule has 0 spiro atoms. The van der Waals surface area contributed by atoms with E-state index < -0.39 is 0 Å². The third kappa shape index (κ3) is 3.02. The molecule has 10 heavy (non-hydrogen) atoms. The van der Waals surface area contributed by atoms with E-state index in [1.165, 1.54) is 12.8 Å². The Bertz CT molecular complexity index is 98.9. The van der Waals surface area contributed by atoms with Crippen LogP contribution in [-0.4, -0.2) is 13.6 Å². The van der Waals surface area contributed by atoms with E-state index in [9.17, 15) is 0 Å². The van der Waals surface area contributed by atoms with Crippen LogP contribution in [0.2, 0.25) is 0 Å². The number of allylic oxidation sites excluding steroid dienone is 1. The molecule has 0 aromatic heterocycles. The lowest BCUT2D eigenvalue weighted by atomic mass is 9.84. The van der Waals surface area contributed by atoms with E-state index in [-0.39, 0.29) is 0 Å². The minimum absolute atomic E-state index is 0.336. The molecule has 0 heterocycles. The van der Waals surface area contributed by atoms with Gasteiger partial charge in [-0.05, 0) is 31.8 Å². The third-order valence-corrected chi connectivity index (χ3v) is 2.25. The summed E-state index contributed by atoms with van der Waals surface area (Å²) in [6.07, 6.45) is 4.42. The van der Waals surface area contributed by atoms with Crippen LogP contribution in [0.15, 0.2) is 12.7 Å². The summed E-state index contributed by atoms with van der Waals surface area (Å²) in [6.45, 7) is 9.36. The van der Waals surface area contributed by atoms with Crippen molar-refractivity contribution in [1.29, 1.82) is 0 Å². The summed E-state index contributed by atoms with van der Waals surface area (Å²) in [5.74, 6) is 0. The van der Waals surface area contributed by atoms with Crippen LogP contribution < -0.4 is 5.32 Å². The van der Waals surface area contributed by atoms with Crippen molar-refractivity contribution in [2.45, 2.75) is 26.7 Å². The number of hydrogen-bond acceptors (Lipinski definition) is 1. The molecule has 0 aliphatic rings. The van der Waals surface area contributed by atoms with Crippen LogP contribution in [0.5, 0.6) is 0 Å². The molecule has 1 nitrogen and oxygen atoms in total. The zero-order valence-electron chi connectivity index (χ0n) is 7.41. The van der Waals surface area contributed by atoms with Crippen LogP contribution in [0.4, 0.5) is 0 Å². The first-order valence-electron chi connectivity index (χ1n) is 3.96. The standard InChI is InChI=1S/C9H19N/c1-5-9(3,6-2)7-8-10-4/h5,10H,1,6-8H2,2-4H3. The van der Waals surface area contributed by atoms with E-state index >= 15 is 0 Å². The molecule has 0 radical (unpaired) electrons. The van der Waals surface area contributed by atoms with E-state index in [0.717, 1.165) is 6.54 Å². The van der Waals surface area contributed by atoms with Gasteiger partial charge in [0.05, 0.1) is 0 Å². The molecule has 0 amide bonds. The molecule has 0 fully saturated rings. The first kappa shape index (κ1) is 9.70. The maximum Gasteiger partial charge on any atom is -0.00437 e. The Kier molecular flexibility index (Phi) is 4.37. The Morgan fingerprint density at radius 3 is 2.50 bits per heavy atom. The van der Waals surface area contributed by atoms with Crippen molar-refractivity contribution < 1.29 is 0 Å². The quantitative estimate of drug-likeness (QED) is 0.579. The lowest BCUT2D eigenvalue weighted by Gasteiger charge is -2.23. The molecule has 1 N–H and O–H groups in total. The second-order valence-corrected chi connectivity index (χ2v) is 3.07. The average Bonchev–Trinajstić information content (AvgIpc) is 2.00. The number of nitrogens with one attached hydrogen (secondary N) is 1. The normalized spacial score (nSPS) is 16.3.